The summed E-state index contributed by atoms with van der Waals surface area (Å²) in [6.45, 7) is 1.97. The molecule has 0 radical (unpaired) electrons. The molecular weight excluding hydrogens is 316 g/mol. The lowest BCUT2D eigenvalue weighted by Gasteiger charge is -2.10. The quantitative estimate of drug-likeness (QED) is 0.767. The van der Waals surface area contributed by atoms with Gasteiger partial charge < -0.3 is 14.8 Å². The molecule has 1 heterocycles. The summed E-state index contributed by atoms with van der Waals surface area (Å²) in [6, 6.07) is 16.2. The molecule has 3 aromatic rings. The van der Waals surface area contributed by atoms with Crippen LogP contribution in [0.3, 0.4) is 0 Å². The van der Waals surface area contributed by atoms with Crippen LogP contribution in [-0.4, -0.2) is 17.2 Å². The summed E-state index contributed by atoms with van der Waals surface area (Å²) in [7, 11) is 1.44. The highest BCUT2D eigenvalue weighted by Crippen LogP contribution is 2.33. The van der Waals surface area contributed by atoms with Crippen molar-refractivity contribution < 1.29 is 9.84 Å². The SMILES string of the molecule is COc1cc(-c2cc(-c3cccc(C)c3)[nH]c(=O)c2C#N)ccc1O. The number of ether oxygens (including phenoxy) is 1. The predicted octanol–water partition coefficient (Wildman–Crippen LogP) is 3.60. The highest BCUT2D eigenvalue weighted by Gasteiger charge is 2.14. The second kappa shape index (κ2) is 6.54. The highest BCUT2D eigenvalue weighted by atomic mass is 16.5. The van der Waals surface area contributed by atoms with Crippen molar-refractivity contribution in [1.82, 2.24) is 4.98 Å². The maximum atomic E-state index is 12.4. The van der Waals surface area contributed by atoms with E-state index in [9.17, 15) is 15.2 Å². The molecule has 0 spiro atoms. The summed E-state index contributed by atoms with van der Waals surface area (Å²) in [5.41, 5.74) is 3.21. The van der Waals surface area contributed by atoms with Crippen LogP contribution in [0.4, 0.5) is 0 Å². The largest absolute Gasteiger partial charge is 0.504 e. The van der Waals surface area contributed by atoms with Gasteiger partial charge in [-0.25, -0.2) is 0 Å². The van der Waals surface area contributed by atoms with Gasteiger partial charge in [-0.05, 0) is 42.3 Å². The average molecular weight is 332 g/mol. The number of H-pyrrole nitrogens is 1. The van der Waals surface area contributed by atoms with Crippen molar-refractivity contribution in [2.45, 2.75) is 6.92 Å². The van der Waals surface area contributed by atoms with E-state index in [0.29, 0.717) is 16.8 Å². The minimum atomic E-state index is -0.455. The molecule has 0 aliphatic rings. The van der Waals surface area contributed by atoms with Crippen LogP contribution in [-0.2, 0) is 0 Å². The third-order valence-electron chi connectivity index (χ3n) is 3.96. The van der Waals surface area contributed by atoms with Crippen LogP contribution in [0.2, 0.25) is 0 Å². The molecule has 25 heavy (non-hydrogen) atoms. The van der Waals surface area contributed by atoms with Crippen molar-refractivity contribution in [3.63, 3.8) is 0 Å². The molecule has 0 atom stereocenters. The first kappa shape index (κ1) is 16.3. The monoisotopic (exact) mass is 332 g/mol. The zero-order chi connectivity index (χ0) is 18.0. The van der Waals surface area contributed by atoms with Crippen LogP contribution < -0.4 is 10.3 Å². The van der Waals surface area contributed by atoms with Crippen molar-refractivity contribution in [3.8, 4) is 40.0 Å². The average Bonchev–Trinajstić information content (AvgIpc) is 2.61. The summed E-state index contributed by atoms with van der Waals surface area (Å²) in [6.07, 6.45) is 0. The molecule has 0 bridgehead atoms. The van der Waals surface area contributed by atoms with Gasteiger partial charge in [0.1, 0.15) is 11.6 Å². The Morgan fingerprint density at radius 3 is 2.60 bits per heavy atom. The number of phenolic OH excluding ortho intramolecular Hbond substituents is 1. The molecule has 0 fully saturated rings. The van der Waals surface area contributed by atoms with E-state index >= 15 is 0 Å². The van der Waals surface area contributed by atoms with Gasteiger partial charge in [0.25, 0.3) is 5.56 Å². The Morgan fingerprint density at radius 2 is 1.92 bits per heavy atom. The van der Waals surface area contributed by atoms with Crippen molar-refractivity contribution in [2.75, 3.05) is 7.11 Å². The number of hydrogen-bond donors (Lipinski definition) is 2. The Labute approximate surface area is 144 Å². The van der Waals surface area contributed by atoms with E-state index < -0.39 is 5.56 Å². The Hall–Kier alpha value is -3.52. The molecule has 0 aliphatic carbocycles. The zero-order valence-electron chi connectivity index (χ0n) is 13.8. The number of aryl methyl sites for hydroxylation is 1. The number of aromatic hydroxyl groups is 1. The summed E-state index contributed by atoms with van der Waals surface area (Å²) in [5, 5.41) is 19.2. The normalized spacial score (nSPS) is 10.3. The van der Waals surface area contributed by atoms with Gasteiger partial charge in [-0.3, -0.25) is 4.79 Å². The fourth-order valence-electron chi connectivity index (χ4n) is 2.71. The number of hydrogen-bond acceptors (Lipinski definition) is 4. The minimum Gasteiger partial charge on any atom is -0.504 e. The van der Waals surface area contributed by atoms with E-state index in [2.05, 4.69) is 4.98 Å². The Balaban J connectivity index is 2.25. The van der Waals surface area contributed by atoms with E-state index in [-0.39, 0.29) is 17.1 Å². The standard InChI is InChI=1S/C20H16N2O3/c1-12-4-3-5-14(8-12)17-10-15(16(11-21)20(24)22-17)13-6-7-18(23)19(9-13)25-2/h3-10,23H,1-2H3,(H,22,24). The third kappa shape index (κ3) is 3.10. The number of pyridine rings is 1. The van der Waals surface area contributed by atoms with Gasteiger partial charge in [-0.2, -0.15) is 5.26 Å². The summed E-state index contributed by atoms with van der Waals surface area (Å²) in [4.78, 5) is 15.1. The van der Waals surface area contributed by atoms with Crippen molar-refractivity contribution in [1.29, 1.82) is 5.26 Å². The molecule has 0 saturated heterocycles. The van der Waals surface area contributed by atoms with Gasteiger partial charge in [0, 0.05) is 11.3 Å². The topological polar surface area (TPSA) is 86.1 Å². The highest BCUT2D eigenvalue weighted by molar-refractivity contribution is 5.76. The van der Waals surface area contributed by atoms with Crippen LogP contribution in [0.5, 0.6) is 11.5 Å². The Kier molecular flexibility index (Phi) is 4.27. The number of phenols is 1. The van der Waals surface area contributed by atoms with E-state index in [1.54, 1.807) is 18.2 Å². The maximum absolute atomic E-state index is 12.4. The van der Waals surface area contributed by atoms with Gasteiger partial charge >= 0.3 is 0 Å². The molecule has 5 heteroatoms. The molecule has 0 unspecified atom stereocenters. The van der Waals surface area contributed by atoms with E-state index in [1.807, 2.05) is 37.3 Å². The molecule has 2 N–H and O–H groups in total. The molecular formula is C20H16N2O3. The third-order valence-corrected chi connectivity index (χ3v) is 3.96. The van der Waals surface area contributed by atoms with Crippen molar-refractivity contribution >= 4 is 0 Å². The minimum absolute atomic E-state index is 0.00601. The van der Waals surface area contributed by atoms with Crippen LogP contribution >= 0.6 is 0 Å². The summed E-state index contributed by atoms with van der Waals surface area (Å²) in [5.74, 6) is 0.271. The van der Waals surface area contributed by atoms with Crippen molar-refractivity contribution in [3.05, 3.63) is 70.0 Å². The number of methoxy groups -OCH3 is 1. The summed E-state index contributed by atoms with van der Waals surface area (Å²) < 4.78 is 5.12. The van der Waals surface area contributed by atoms with Crippen LogP contribution in [0.25, 0.3) is 22.4 Å². The number of rotatable bonds is 3. The van der Waals surface area contributed by atoms with Gasteiger partial charge in [0.15, 0.2) is 11.5 Å². The van der Waals surface area contributed by atoms with E-state index in [4.69, 9.17) is 4.74 Å². The van der Waals surface area contributed by atoms with Crippen LogP contribution in [0.1, 0.15) is 11.1 Å². The van der Waals surface area contributed by atoms with Crippen LogP contribution in [0.15, 0.2) is 53.3 Å². The Morgan fingerprint density at radius 1 is 1.12 bits per heavy atom. The van der Waals surface area contributed by atoms with Gasteiger partial charge in [-0.1, -0.05) is 29.8 Å². The summed E-state index contributed by atoms with van der Waals surface area (Å²) >= 11 is 0. The lowest BCUT2D eigenvalue weighted by atomic mass is 9.98. The molecule has 1 aromatic heterocycles. The molecule has 5 nitrogen and oxygen atoms in total. The van der Waals surface area contributed by atoms with Gasteiger partial charge in [0.05, 0.1) is 7.11 Å². The molecule has 2 aromatic carbocycles. The molecule has 0 aliphatic heterocycles. The lowest BCUT2D eigenvalue weighted by Crippen LogP contribution is -2.12. The molecule has 124 valence electrons. The predicted molar refractivity (Wildman–Crippen MR) is 95.6 cm³/mol. The number of nitriles is 1. The lowest BCUT2D eigenvalue weighted by molar-refractivity contribution is 0.373. The molecule has 0 saturated carbocycles. The first-order valence-electron chi connectivity index (χ1n) is 7.65. The van der Waals surface area contributed by atoms with Crippen LogP contribution in [0, 0.1) is 18.3 Å². The number of nitrogens with zero attached hydrogens (tertiary/aromatic N) is 1. The smallest absolute Gasteiger partial charge is 0.266 e. The second-order valence-corrected chi connectivity index (χ2v) is 5.67. The fourth-order valence-corrected chi connectivity index (χ4v) is 2.71. The fraction of sp³-hybridized carbons (Fsp3) is 0.100. The maximum Gasteiger partial charge on any atom is 0.266 e. The number of benzene rings is 2. The number of aromatic nitrogens is 1. The van der Waals surface area contributed by atoms with Gasteiger partial charge in [-0.15, -0.1) is 0 Å². The van der Waals surface area contributed by atoms with E-state index in [1.165, 1.54) is 13.2 Å². The Bertz CT molecular complexity index is 1050. The first-order valence-corrected chi connectivity index (χ1v) is 7.65. The number of aromatic amines is 1. The first-order chi connectivity index (χ1) is 12.0. The van der Waals surface area contributed by atoms with E-state index in [0.717, 1.165) is 11.1 Å². The molecule has 3 rings (SSSR count). The second-order valence-electron chi connectivity index (χ2n) is 5.67. The number of nitrogens with one attached hydrogen (secondary N) is 1. The van der Waals surface area contributed by atoms with Gasteiger partial charge in [0.2, 0.25) is 0 Å². The van der Waals surface area contributed by atoms with Crippen molar-refractivity contribution in [2.24, 2.45) is 0 Å². The zero-order valence-corrected chi connectivity index (χ0v) is 13.8. The molecule has 0 amide bonds.